The number of halogens is 1. The van der Waals surface area contributed by atoms with E-state index in [0.717, 1.165) is 22.1 Å². The summed E-state index contributed by atoms with van der Waals surface area (Å²) in [5, 5.41) is 0. The van der Waals surface area contributed by atoms with Crippen molar-refractivity contribution in [3.8, 4) is 0 Å². The Hall–Kier alpha value is -0.580. The molecule has 3 heteroatoms. The highest BCUT2D eigenvalue weighted by Crippen LogP contribution is 2.26. The molecule has 0 aliphatic carbocycles. The van der Waals surface area contributed by atoms with Crippen molar-refractivity contribution in [2.45, 2.75) is 39.7 Å². The summed E-state index contributed by atoms with van der Waals surface area (Å²) < 4.78 is 1.13. The van der Waals surface area contributed by atoms with Gasteiger partial charge in [0.25, 0.3) is 0 Å². The average Bonchev–Trinajstić information content (AvgIpc) is 2.27. The van der Waals surface area contributed by atoms with Crippen molar-refractivity contribution >= 4 is 34.2 Å². The lowest BCUT2D eigenvalue weighted by Crippen LogP contribution is -2.38. The largest absolute Gasteiger partial charge is 0.309 e. The molecule has 0 N–H and O–H groups in total. The first-order valence-electron chi connectivity index (χ1n) is 5.66. The Kier molecular flexibility index (Phi) is 5.25. The van der Waals surface area contributed by atoms with Crippen LogP contribution >= 0.6 is 22.6 Å². The van der Waals surface area contributed by atoms with Gasteiger partial charge in [0, 0.05) is 16.5 Å². The third-order valence-corrected chi connectivity index (χ3v) is 3.67. The Morgan fingerprint density at radius 1 is 1.31 bits per heavy atom. The van der Waals surface area contributed by atoms with Crippen molar-refractivity contribution in [3.05, 3.63) is 27.8 Å². The molecule has 1 amide bonds. The summed E-state index contributed by atoms with van der Waals surface area (Å²) in [7, 11) is 0. The third kappa shape index (κ3) is 2.97. The number of para-hydroxylation sites is 1. The van der Waals surface area contributed by atoms with Gasteiger partial charge in [0.05, 0.1) is 5.69 Å². The molecule has 0 bridgehead atoms. The van der Waals surface area contributed by atoms with Gasteiger partial charge in [-0.15, -0.1) is 0 Å². The zero-order chi connectivity index (χ0) is 12.1. The molecule has 0 atom stereocenters. The van der Waals surface area contributed by atoms with Crippen LogP contribution in [0.1, 0.15) is 33.6 Å². The summed E-state index contributed by atoms with van der Waals surface area (Å²) in [6.07, 6.45) is 1.97. The van der Waals surface area contributed by atoms with Gasteiger partial charge >= 0.3 is 0 Å². The lowest BCUT2D eigenvalue weighted by Gasteiger charge is -2.30. The Morgan fingerprint density at radius 3 is 2.31 bits per heavy atom. The Morgan fingerprint density at radius 2 is 1.88 bits per heavy atom. The van der Waals surface area contributed by atoms with E-state index in [1.807, 2.05) is 29.2 Å². The fraction of sp³-hybridized carbons (Fsp3) is 0.462. The van der Waals surface area contributed by atoms with Gasteiger partial charge in [-0.1, -0.05) is 26.0 Å². The zero-order valence-corrected chi connectivity index (χ0v) is 12.2. The van der Waals surface area contributed by atoms with E-state index in [9.17, 15) is 4.79 Å². The molecule has 1 aromatic rings. The van der Waals surface area contributed by atoms with Crippen molar-refractivity contribution in [2.75, 3.05) is 4.90 Å². The standard InChI is InChI=1S/C13H18INO/c1-4-11(5-2)15(10(3)16)13-9-7-6-8-12(13)14/h6-9,11H,4-5H2,1-3H3. The minimum atomic E-state index is 0.123. The second kappa shape index (κ2) is 6.23. The smallest absolute Gasteiger partial charge is 0.224 e. The highest BCUT2D eigenvalue weighted by atomic mass is 127. The van der Waals surface area contributed by atoms with E-state index in [1.165, 1.54) is 0 Å². The molecule has 0 radical (unpaired) electrons. The molecule has 0 heterocycles. The van der Waals surface area contributed by atoms with E-state index in [1.54, 1.807) is 6.92 Å². The number of carbonyl (C=O) groups excluding carboxylic acids is 1. The predicted molar refractivity (Wildman–Crippen MR) is 76.7 cm³/mol. The quantitative estimate of drug-likeness (QED) is 0.768. The summed E-state index contributed by atoms with van der Waals surface area (Å²) >= 11 is 2.28. The van der Waals surface area contributed by atoms with Crippen LogP contribution in [-0.4, -0.2) is 11.9 Å². The molecule has 0 saturated heterocycles. The summed E-state index contributed by atoms with van der Waals surface area (Å²) in [4.78, 5) is 13.7. The van der Waals surface area contributed by atoms with Gasteiger partial charge in [0.15, 0.2) is 0 Å². The lowest BCUT2D eigenvalue weighted by molar-refractivity contribution is -0.117. The van der Waals surface area contributed by atoms with Crippen LogP contribution < -0.4 is 4.90 Å². The minimum Gasteiger partial charge on any atom is -0.309 e. The van der Waals surface area contributed by atoms with E-state index in [-0.39, 0.29) is 5.91 Å². The van der Waals surface area contributed by atoms with E-state index < -0.39 is 0 Å². The van der Waals surface area contributed by atoms with Gasteiger partial charge < -0.3 is 4.90 Å². The van der Waals surface area contributed by atoms with Crippen LogP contribution in [0.15, 0.2) is 24.3 Å². The highest BCUT2D eigenvalue weighted by Gasteiger charge is 2.21. The Bertz CT molecular complexity index is 361. The number of nitrogens with zero attached hydrogens (tertiary/aromatic N) is 1. The van der Waals surface area contributed by atoms with Crippen molar-refractivity contribution in [1.82, 2.24) is 0 Å². The molecule has 0 unspecified atom stereocenters. The van der Waals surface area contributed by atoms with Gasteiger partial charge in [-0.3, -0.25) is 4.79 Å². The number of amides is 1. The molecular formula is C13H18INO. The van der Waals surface area contributed by atoms with Gasteiger partial charge in [-0.25, -0.2) is 0 Å². The number of anilines is 1. The second-order valence-electron chi connectivity index (χ2n) is 3.81. The Balaban J connectivity index is 3.12. The topological polar surface area (TPSA) is 20.3 Å². The molecule has 0 aromatic heterocycles. The van der Waals surface area contributed by atoms with Crippen molar-refractivity contribution < 1.29 is 4.79 Å². The molecule has 0 aliphatic heterocycles. The van der Waals surface area contributed by atoms with Crippen LogP contribution in [0.2, 0.25) is 0 Å². The van der Waals surface area contributed by atoms with Gasteiger partial charge in [0.2, 0.25) is 5.91 Å². The summed E-state index contributed by atoms with van der Waals surface area (Å²) in [6, 6.07) is 8.33. The first-order chi connectivity index (χ1) is 7.61. The van der Waals surface area contributed by atoms with Gasteiger partial charge in [-0.05, 0) is 47.6 Å². The summed E-state index contributed by atoms with van der Waals surface area (Å²) in [6.45, 7) is 5.89. The maximum absolute atomic E-state index is 11.8. The maximum Gasteiger partial charge on any atom is 0.224 e. The van der Waals surface area contributed by atoms with Crippen LogP contribution in [0.5, 0.6) is 0 Å². The fourth-order valence-corrected chi connectivity index (χ4v) is 2.57. The Labute approximate surface area is 111 Å². The summed E-state index contributed by atoms with van der Waals surface area (Å²) in [5.74, 6) is 0.123. The van der Waals surface area contributed by atoms with Crippen LogP contribution in [-0.2, 0) is 4.79 Å². The van der Waals surface area contributed by atoms with Crippen molar-refractivity contribution in [2.24, 2.45) is 0 Å². The molecule has 0 aliphatic rings. The van der Waals surface area contributed by atoms with Gasteiger partial charge in [0.1, 0.15) is 0 Å². The molecule has 0 fully saturated rings. The van der Waals surface area contributed by atoms with E-state index in [2.05, 4.69) is 36.4 Å². The van der Waals surface area contributed by atoms with Crippen LogP contribution in [0.3, 0.4) is 0 Å². The fourth-order valence-electron chi connectivity index (χ4n) is 1.92. The first-order valence-corrected chi connectivity index (χ1v) is 6.74. The predicted octanol–water partition coefficient (Wildman–Crippen LogP) is 3.83. The number of rotatable bonds is 4. The lowest BCUT2D eigenvalue weighted by atomic mass is 10.1. The van der Waals surface area contributed by atoms with Crippen molar-refractivity contribution in [3.63, 3.8) is 0 Å². The number of hydrogen-bond donors (Lipinski definition) is 0. The molecule has 16 heavy (non-hydrogen) atoms. The zero-order valence-electron chi connectivity index (χ0n) is 10.0. The SMILES string of the molecule is CCC(CC)N(C(C)=O)c1ccccc1I. The molecule has 2 nitrogen and oxygen atoms in total. The number of carbonyl (C=O) groups is 1. The molecule has 0 saturated carbocycles. The molecule has 1 aromatic carbocycles. The third-order valence-electron chi connectivity index (χ3n) is 2.76. The van der Waals surface area contributed by atoms with Crippen LogP contribution in [0.25, 0.3) is 0 Å². The van der Waals surface area contributed by atoms with Crippen molar-refractivity contribution in [1.29, 1.82) is 0 Å². The first kappa shape index (κ1) is 13.5. The second-order valence-corrected chi connectivity index (χ2v) is 4.97. The minimum absolute atomic E-state index is 0.123. The normalized spacial score (nSPS) is 10.6. The molecular weight excluding hydrogens is 313 g/mol. The number of hydrogen-bond acceptors (Lipinski definition) is 1. The average molecular weight is 331 g/mol. The number of benzene rings is 1. The molecule has 0 spiro atoms. The van der Waals surface area contributed by atoms with Crippen LogP contribution in [0, 0.1) is 3.57 Å². The van der Waals surface area contributed by atoms with Crippen LogP contribution in [0.4, 0.5) is 5.69 Å². The van der Waals surface area contributed by atoms with E-state index in [0.29, 0.717) is 6.04 Å². The highest BCUT2D eigenvalue weighted by molar-refractivity contribution is 14.1. The van der Waals surface area contributed by atoms with Gasteiger partial charge in [-0.2, -0.15) is 0 Å². The van der Waals surface area contributed by atoms with E-state index >= 15 is 0 Å². The van der Waals surface area contributed by atoms with E-state index in [4.69, 9.17) is 0 Å². The monoisotopic (exact) mass is 331 g/mol. The maximum atomic E-state index is 11.8. The molecule has 88 valence electrons. The summed E-state index contributed by atoms with van der Waals surface area (Å²) in [5.41, 5.74) is 1.03. The molecule has 1 rings (SSSR count).